The van der Waals surface area contributed by atoms with Gasteiger partial charge in [0.15, 0.2) is 0 Å². The van der Waals surface area contributed by atoms with Gasteiger partial charge in [0.25, 0.3) is 10.0 Å². The molecule has 0 saturated heterocycles. The molecule has 4 nitrogen and oxygen atoms in total. The highest BCUT2D eigenvalue weighted by atomic mass is 32.2. The fourth-order valence-corrected chi connectivity index (χ4v) is 2.75. The molecule has 2 aromatic rings. The number of nitrogens with one attached hydrogen (secondary N) is 1. The first kappa shape index (κ1) is 15.3. The van der Waals surface area contributed by atoms with Crippen LogP contribution in [0.3, 0.4) is 0 Å². The zero-order valence-electron chi connectivity index (χ0n) is 12.3. The van der Waals surface area contributed by atoms with E-state index in [1.807, 2.05) is 32.9 Å². The lowest BCUT2D eigenvalue weighted by Crippen LogP contribution is -2.18. The molecular formula is C16H18N2O2S. The highest BCUT2D eigenvalue weighted by Gasteiger charge is 2.11. The van der Waals surface area contributed by atoms with Gasteiger partial charge in [0.1, 0.15) is 0 Å². The fraction of sp³-hybridized carbons (Fsp3) is 0.188. The smallest absolute Gasteiger partial charge is 0.200 e. The zero-order chi connectivity index (χ0) is 15.5. The van der Waals surface area contributed by atoms with Gasteiger partial charge in [0.2, 0.25) is 0 Å². The van der Waals surface area contributed by atoms with Gasteiger partial charge in [0.05, 0.1) is 11.1 Å². The summed E-state index contributed by atoms with van der Waals surface area (Å²) in [7, 11) is -3.61. The minimum Gasteiger partial charge on any atom is -0.200 e. The van der Waals surface area contributed by atoms with Crippen molar-refractivity contribution in [3.05, 3.63) is 64.7 Å². The number of sulfonamides is 1. The van der Waals surface area contributed by atoms with E-state index in [0.29, 0.717) is 0 Å². The molecule has 2 rings (SSSR count). The summed E-state index contributed by atoms with van der Waals surface area (Å²) in [6.07, 6.45) is 1.53. The average molecular weight is 302 g/mol. The predicted molar refractivity (Wildman–Crippen MR) is 85.0 cm³/mol. The van der Waals surface area contributed by atoms with E-state index < -0.39 is 10.0 Å². The van der Waals surface area contributed by atoms with Crippen molar-refractivity contribution in [2.24, 2.45) is 5.10 Å². The van der Waals surface area contributed by atoms with Crippen molar-refractivity contribution >= 4 is 16.2 Å². The molecule has 5 heteroatoms. The molecule has 0 aliphatic rings. The molecule has 0 aromatic heterocycles. The second-order valence-corrected chi connectivity index (χ2v) is 6.55. The number of hydrogen-bond donors (Lipinski definition) is 1. The topological polar surface area (TPSA) is 58.5 Å². The first-order valence-electron chi connectivity index (χ1n) is 6.58. The second kappa shape index (κ2) is 6.10. The van der Waals surface area contributed by atoms with E-state index in [2.05, 4.69) is 9.93 Å². The van der Waals surface area contributed by atoms with Gasteiger partial charge in [-0.3, -0.25) is 0 Å². The van der Waals surface area contributed by atoms with E-state index >= 15 is 0 Å². The molecule has 0 heterocycles. The van der Waals surface area contributed by atoms with Crippen LogP contribution in [0.1, 0.15) is 22.3 Å². The number of hydrazone groups is 1. The van der Waals surface area contributed by atoms with Crippen molar-refractivity contribution in [3.8, 4) is 0 Å². The van der Waals surface area contributed by atoms with Gasteiger partial charge < -0.3 is 0 Å². The largest absolute Gasteiger partial charge is 0.276 e. The summed E-state index contributed by atoms with van der Waals surface area (Å²) in [5.41, 5.74) is 4.38. The molecule has 0 saturated carbocycles. The van der Waals surface area contributed by atoms with Gasteiger partial charge in [-0.25, -0.2) is 4.83 Å². The molecule has 0 amide bonds. The summed E-state index contributed by atoms with van der Waals surface area (Å²) in [6.45, 7) is 6.08. The Bertz CT molecular complexity index is 766. The van der Waals surface area contributed by atoms with Crippen LogP contribution in [0.2, 0.25) is 0 Å². The Morgan fingerprint density at radius 2 is 1.62 bits per heavy atom. The van der Waals surface area contributed by atoms with Gasteiger partial charge in [0, 0.05) is 0 Å². The van der Waals surface area contributed by atoms with Crippen LogP contribution < -0.4 is 4.83 Å². The first-order valence-corrected chi connectivity index (χ1v) is 8.07. The lowest BCUT2D eigenvalue weighted by molar-refractivity contribution is 0.584. The Kier molecular flexibility index (Phi) is 4.43. The van der Waals surface area contributed by atoms with E-state index in [4.69, 9.17) is 0 Å². The third-order valence-electron chi connectivity index (χ3n) is 3.53. The van der Waals surface area contributed by atoms with Crippen molar-refractivity contribution in [2.75, 3.05) is 0 Å². The van der Waals surface area contributed by atoms with Crippen molar-refractivity contribution in [3.63, 3.8) is 0 Å². The number of hydrogen-bond acceptors (Lipinski definition) is 3. The summed E-state index contributed by atoms with van der Waals surface area (Å²) in [4.78, 5) is 2.42. The lowest BCUT2D eigenvalue weighted by atomic mass is 10.00. The highest BCUT2D eigenvalue weighted by molar-refractivity contribution is 7.89. The third kappa shape index (κ3) is 3.49. The van der Waals surface area contributed by atoms with Crippen LogP contribution in [0.4, 0.5) is 0 Å². The van der Waals surface area contributed by atoms with Crippen LogP contribution in [0.25, 0.3) is 0 Å². The van der Waals surface area contributed by atoms with E-state index in [1.165, 1.54) is 29.5 Å². The quantitative estimate of drug-likeness (QED) is 0.697. The summed E-state index contributed by atoms with van der Waals surface area (Å²) in [6, 6.07) is 12.1. The number of aryl methyl sites for hydroxylation is 1. The van der Waals surface area contributed by atoms with Gasteiger partial charge in [-0.05, 0) is 55.2 Å². The Hall–Kier alpha value is -2.14. The van der Waals surface area contributed by atoms with Crippen LogP contribution in [0.15, 0.2) is 52.5 Å². The molecule has 0 radical (unpaired) electrons. The lowest BCUT2D eigenvalue weighted by Gasteiger charge is -2.07. The van der Waals surface area contributed by atoms with Gasteiger partial charge in [-0.15, -0.1) is 0 Å². The van der Waals surface area contributed by atoms with Crippen LogP contribution >= 0.6 is 0 Å². The molecule has 1 N–H and O–H groups in total. The monoisotopic (exact) mass is 302 g/mol. The number of nitrogens with zero attached hydrogens (tertiary/aromatic N) is 1. The van der Waals surface area contributed by atoms with E-state index in [0.717, 1.165) is 11.1 Å². The third-order valence-corrected chi connectivity index (χ3v) is 4.77. The summed E-state index contributed by atoms with van der Waals surface area (Å²) in [5, 5.41) is 3.86. The molecule has 0 bridgehead atoms. The summed E-state index contributed by atoms with van der Waals surface area (Å²) in [5.74, 6) is 0. The molecule has 0 aliphatic heterocycles. The van der Waals surface area contributed by atoms with Crippen molar-refractivity contribution in [2.45, 2.75) is 25.7 Å². The molecule has 110 valence electrons. The van der Waals surface area contributed by atoms with Crippen molar-refractivity contribution in [1.29, 1.82) is 0 Å². The maximum atomic E-state index is 12.0. The Labute approximate surface area is 125 Å². The molecule has 0 fully saturated rings. The van der Waals surface area contributed by atoms with Crippen molar-refractivity contribution < 1.29 is 8.42 Å². The Balaban J connectivity index is 2.19. The van der Waals surface area contributed by atoms with Gasteiger partial charge in [-0.1, -0.05) is 30.3 Å². The summed E-state index contributed by atoms with van der Waals surface area (Å²) < 4.78 is 24.0. The molecule has 0 atom stereocenters. The van der Waals surface area contributed by atoms with Crippen LogP contribution in [-0.4, -0.2) is 14.6 Å². The molecule has 0 aliphatic carbocycles. The van der Waals surface area contributed by atoms with Crippen LogP contribution in [-0.2, 0) is 10.0 Å². The Morgan fingerprint density at radius 3 is 2.29 bits per heavy atom. The van der Waals surface area contributed by atoms with E-state index in [9.17, 15) is 8.42 Å². The average Bonchev–Trinajstić information content (AvgIpc) is 2.48. The number of rotatable bonds is 4. The zero-order valence-corrected chi connectivity index (χ0v) is 13.1. The standard InChI is InChI=1S/C16H18N2O2S/c1-12-9-10-15(14(3)13(12)2)11-17-18-21(19,20)16-7-5-4-6-8-16/h4-11,18H,1-3H3. The molecule has 2 aromatic carbocycles. The number of benzene rings is 2. The molecular weight excluding hydrogens is 284 g/mol. The van der Waals surface area contributed by atoms with Gasteiger partial charge in [-0.2, -0.15) is 13.5 Å². The maximum absolute atomic E-state index is 12.0. The first-order chi connectivity index (χ1) is 9.92. The second-order valence-electron chi connectivity index (χ2n) is 4.89. The van der Waals surface area contributed by atoms with Gasteiger partial charge >= 0.3 is 0 Å². The van der Waals surface area contributed by atoms with Crippen LogP contribution in [0.5, 0.6) is 0 Å². The fourth-order valence-electron chi connectivity index (χ4n) is 1.93. The summed E-state index contributed by atoms with van der Waals surface area (Å²) >= 11 is 0. The Morgan fingerprint density at radius 1 is 0.952 bits per heavy atom. The minimum absolute atomic E-state index is 0.193. The van der Waals surface area contributed by atoms with E-state index in [1.54, 1.807) is 18.2 Å². The van der Waals surface area contributed by atoms with Crippen molar-refractivity contribution in [1.82, 2.24) is 4.83 Å². The minimum atomic E-state index is -3.61. The normalized spacial score (nSPS) is 11.8. The van der Waals surface area contributed by atoms with E-state index in [-0.39, 0.29) is 4.90 Å². The molecule has 0 spiro atoms. The predicted octanol–water partition coefficient (Wildman–Crippen LogP) is 2.92. The molecule has 0 unspecified atom stereocenters. The molecule has 21 heavy (non-hydrogen) atoms. The van der Waals surface area contributed by atoms with Crippen LogP contribution in [0, 0.1) is 20.8 Å². The maximum Gasteiger partial charge on any atom is 0.276 e. The SMILES string of the molecule is Cc1ccc(C=NNS(=O)(=O)c2ccccc2)c(C)c1C. The highest BCUT2D eigenvalue weighted by Crippen LogP contribution is 2.15.